The van der Waals surface area contributed by atoms with Crippen molar-refractivity contribution in [3.63, 3.8) is 0 Å². The Hall–Kier alpha value is -2.91. The van der Waals surface area contributed by atoms with Gasteiger partial charge in [0.05, 0.1) is 27.2 Å². The summed E-state index contributed by atoms with van der Waals surface area (Å²) in [6.45, 7) is 0.356. The van der Waals surface area contributed by atoms with Gasteiger partial charge in [0, 0.05) is 0 Å². The number of nitrogens with zero attached hydrogens (tertiary/aromatic N) is 1. The maximum Gasteiger partial charge on any atom is 0.270 e. The Kier molecular flexibility index (Phi) is 7.53. The third-order valence-corrected chi connectivity index (χ3v) is 7.94. The van der Waals surface area contributed by atoms with Crippen molar-refractivity contribution < 1.29 is 18.7 Å². The minimum atomic E-state index is -0.564. The van der Waals surface area contributed by atoms with Crippen LogP contribution in [0.15, 0.2) is 82.2 Å². The smallest absolute Gasteiger partial charge is 0.270 e. The van der Waals surface area contributed by atoms with Gasteiger partial charge in [0.1, 0.15) is 12.4 Å². The number of thiocarbonyl (C=S) groups is 1. The number of hydrogen-bond acceptors (Lipinski definition) is 5. The Balaban J connectivity index is 1.40. The molecule has 4 nitrogen and oxygen atoms in total. The molecule has 4 aromatic rings. The number of benzene rings is 4. The van der Waals surface area contributed by atoms with E-state index in [4.69, 9.17) is 33.3 Å². The van der Waals surface area contributed by atoms with Gasteiger partial charge in [-0.15, -0.1) is 0 Å². The summed E-state index contributed by atoms with van der Waals surface area (Å²) in [7, 11) is 1.56. The van der Waals surface area contributed by atoms with E-state index in [1.165, 1.54) is 23.1 Å². The number of methoxy groups -OCH3 is 1. The first-order chi connectivity index (χ1) is 17.9. The summed E-state index contributed by atoms with van der Waals surface area (Å²) in [5.41, 5.74) is 2.19. The molecule has 0 spiro atoms. The molecular weight excluding hydrogens is 597 g/mol. The molecule has 1 aliphatic rings. The van der Waals surface area contributed by atoms with Gasteiger partial charge in [0.25, 0.3) is 5.91 Å². The molecule has 1 saturated heterocycles. The van der Waals surface area contributed by atoms with Gasteiger partial charge in [-0.05, 0) is 74.2 Å². The summed E-state index contributed by atoms with van der Waals surface area (Å²) in [5, 5.41) is 2.19. The number of amides is 1. The molecule has 1 fully saturated rings. The van der Waals surface area contributed by atoms with Crippen LogP contribution in [0.25, 0.3) is 16.8 Å². The van der Waals surface area contributed by atoms with Crippen molar-refractivity contribution in [3.05, 3.63) is 104 Å². The summed E-state index contributed by atoms with van der Waals surface area (Å²) in [4.78, 5) is 14.9. The third-order valence-electron chi connectivity index (χ3n) is 5.76. The highest BCUT2D eigenvalue weighted by Crippen LogP contribution is 2.41. The summed E-state index contributed by atoms with van der Waals surface area (Å²) in [5.74, 6) is 0.192. The fourth-order valence-corrected chi connectivity index (χ4v) is 6.05. The topological polar surface area (TPSA) is 38.8 Å². The van der Waals surface area contributed by atoms with Crippen LogP contribution in [0.1, 0.15) is 11.1 Å². The van der Waals surface area contributed by atoms with Crippen molar-refractivity contribution in [2.45, 2.75) is 6.61 Å². The van der Waals surface area contributed by atoms with Crippen LogP contribution in [0.2, 0.25) is 5.02 Å². The quantitative estimate of drug-likeness (QED) is 0.161. The number of hydrogen-bond donors (Lipinski definition) is 0. The molecule has 1 aliphatic heterocycles. The number of anilines is 1. The number of ether oxygens (including phenoxy) is 2. The summed E-state index contributed by atoms with van der Waals surface area (Å²) >= 11 is 16.1. The zero-order valence-electron chi connectivity index (χ0n) is 19.3. The van der Waals surface area contributed by atoms with E-state index in [1.54, 1.807) is 19.3 Å². The lowest BCUT2D eigenvalue weighted by Gasteiger charge is -2.15. The zero-order chi connectivity index (χ0) is 26.1. The number of carbonyl (C=O) groups is 1. The highest BCUT2D eigenvalue weighted by molar-refractivity contribution is 9.10. The third kappa shape index (κ3) is 5.25. The molecule has 5 rings (SSSR count). The highest BCUT2D eigenvalue weighted by Gasteiger charge is 2.33. The van der Waals surface area contributed by atoms with Gasteiger partial charge >= 0.3 is 0 Å². The monoisotopic (exact) mass is 613 g/mol. The Morgan fingerprint density at radius 2 is 1.89 bits per heavy atom. The fourth-order valence-electron chi connectivity index (χ4n) is 4.00. The first kappa shape index (κ1) is 25.7. The lowest BCUT2D eigenvalue weighted by molar-refractivity contribution is -0.113. The largest absolute Gasteiger partial charge is 0.493 e. The van der Waals surface area contributed by atoms with Gasteiger partial charge in [-0.3, -0.25) is 9.69 Å². The van der Waals surface area contributed by atoms with Crippen molar-refractivity contribution in [1.82, 2.24) is 0 Å². The predicted molar refractivity (Wildman–Crippen MR) is 156 cm³/mol. The molecule has 0 saturated carbocycles. The van der Waals surface area contributed by atoms with Crippen LogP contribution < -0.4 is 14.4 Å². The molecule has 0 unspecified atom stereocenters. The van der Waals surface area contributed by atoms with E-state index in [1.807, 2.05) is 30.3 Å². The highest BCUT2D eigenvalue weighted by atomic mass is 79.9. The Morgan fingerprint density at radius 1 is 1.11 bits per heavy atom. The van der Waals surface area contributed by atoms with Crippen molar-refractivity contribution in [2.24, 2.45) is 0 Å². The van der Waals surface area contributed by atoms with Gasteiger partial charge in [0.15, 0.2) is 15.8 Å². The standard InChI is InChI=1S/C28H18BrClFNO3S2/c1-34-24-12-16(13-25-27(33)32(28(36)37-25)19-9-10-23(31)22(30)14-19)11-21(29)26(24)35-15-18-7-4-6-17-5-2-3-8-20(17)18/h2-14H,15H2,1H3/b25-13-. The second-order valence-corrected chi connectivity index (χ2v) is 11.0. The molecule has 0 aliphatic carbocycles. The maximum atomic E-state index is 13.6. The summed E-state index contributed by atoms with van der Waals surface area (Å²) < 4.78 is 26.4. The van der Waals surface area contributed by atoms with Crippen molar-refractivity contribution in [2.75, 3.05) is 12.0 Å². The molecule has 1 amide bonds. The molecule has 0 radical (unpaired) electrons. The number of carbonyl (C=O) groups excluding carboxylic acids is 1. The second-order valence-electron chi connectivity index (χ2n) is 8.08. The normalized spacial score (nSPS) is 14.6. The molecule has 37 heavy (non-hydrogen) atoms. The SMILES string of the molecule is COc1cc(/C=C2\SC(=S)N(c3ccc(F)c(Cl)c3)C2=O)cc(Br)c1OCc1cccc2ccccc12. The van der Waals surface area contributed by atoms with E-state index in [-0.39, 0.29) is 10.9 Å². The first-order valence-corrected chi connectivity index (χ1v) is 13.5. The van der Waals surface area contributed by atoms with Crippen molar-refractivity contribution >= 4 is 84.3 Å². The minimum absolute atomic E-state index is 0.0803. The summed E-state index contributed by atoms with van der Waals surface area (Å²) in [6.07, 6.45) is 1.73. The van der Waals surface area contributed by atoms with Crippen LogP contribution in [0.4, 0.5) is 10.1 Å². The number of thioether (sulfide) groups is 1. The molecular formula is C28H18BrClFNO3S2. The number of fused-ring (bicyclic) bond motifs is 1. The van der Waals surface area contributed by atoms with Gasteiger partial charge in [-0.25, -0.2) is 4.39 Å². The van der Waals surface area contributed by atoms with Crippen LogP contribution >= 0.6 is 51.5 Å². The molecule has 0 atom stereocenters. The Labute approximate surface area is 236 Å². The van der Waals surface area contributed by atoms with E-state index in [0.717, 1.165) is 33.7 Å². The fraction of sp³-hybridized carbons (Fsp3) is 0.0714. The summed E-state index contributed by atoms with van der Waals surface area (Å²) in [6, 6.07) is 22.0. The van der Waals surface area contributed by atoms with Crippen LogP contribution in [-0.2, 0) is 11.4 Å². The molecule has 0 N–H and O–H groups in total. The van der Waals surface area contributed by atoms with E-state index in [0.29, 0.717) is 37.5 Å². The Morgan fingerprint density at radius 3 is 2.68 bits per heavy atom. The van der Waals surface area contributed by atoms with Gasteiger partial charge < -0.3 is 9.47 Å². The zero-order valence-corrected chi connectivity index (χ0v) is 23.3. The van der Waals surface area contributed by atoms with E-state index in [2.05, 4.69) is 34.1 Å². The van der Waals surface area contributed by atoms with Crippen LogP contribution in [0.3, 0.4) is 0 Å². The number of halogens is 3. The van der Waals surface area contributed by atoms with Crippen LogP contribution in [0, 0.1) is 5.82 Å². The molecule has 1 heterocycles. The van der Waals surface area contributed by atoms with Crippen molar-refractivity contribution in [1.29, 1.82) is 0 Å². The van der Waals surface area contributed by atoms with E-state index >= 15 is 0 Å². The molecule has 9 heteroatoms. The lowest BCUT2D eigenvalue weighted by atomic mass is 10.1. The predicted octanol–water partition coefficient (Wildman–Crippen LogP) is 8.39. The van der Waals surface area contributed by atoms with Crippen LogP contribution in [-0.4, -0.2) is 17.3 Å². The van der Waals surface area contributed by atoms with Gasteiger partial charge in [0.2, 0.25) is 0 Å². The molecule has 4 aromatic carbocycles. The molecule has 0 bridgehead atoms. The lowest BCUT2D eigenvalue weighted by Crippen LogP contribution is -2.27. The first-order valence-electron chi connectivity index (χ1n) is 11.1. The second kappa shape index (κ2) is 10.8. The van der Waals surface area contributed by atoms with Gasteiger partial charge in [-0.2, -0.15) is 0 Å². The maximum absolute atomic E-state index is 13.6. The Bertz CT molecular complexity index is 1590. The average Bonchev–Trinajstić information content (AvgIpc) is 3.17. The molecule has 186 valence electrons. The van der Waals surface area contributed by atoms with Crippen LogP contribution in [0.5, 0.6) is 11.5 Å². The van der Waals surface area contributed by atoms with E-state index in [9.17, 15) is 9.18 Å². The minimum Gasteiger partial charge on any atom is -0.493 e. The van der Waals surface area contributed by atoms with Gasteiger partial charge in [-0.1, -0.05) is 78.0 Å². The number of rotatable bonds is 6. The average molecular weight is 615 g/mol. The molecule has 0 aromatic heterocycles. The van der Waals surface area contributed by atoms with Crippen molar-refractivity contribution in [3.8, 4) is 11.5 Å². The van der Waals surface area contributed by atoms with E-state index < -0.39 is 5.82 Å².